The minimum absolute atomic E-state index is 0.108. The highest BCUT2D eigenvalue weighted by molar-refractivity contribution is 6.20. The molecule has 5 heteroatoms. The summed E-state index contributed by atoms with van der Waals surface area (Å²) in [5.74, 6) is 1.38. The van der Waals surface area contributed by atoms with Gasteiger partial charge in [0.2, 0.25) is 0 Å². The van der Waals surface area contributed by atoms with Gasteiger partial charge in [-0.2, -0.15) is 0 Å². The average Bonchev–Trinajstić information content (AvgIpc) is 2.27. The summed E-state index contributed by atoms with van der Waals surface area (Å²) >= 11 is 5.95. The summed E-state index contributed by atoms with van der Waals surface area (Å²) in [6, 6.07) is 1.78. The lowest BCUT2D eigenvalue weighted by Crippen LogP contribution is -2.25. The van der Waals surface area contributed by atoms with Gasteiger partial charge >= 0.3 is 0 Å². The van der Waals surface area contributed by atoms with Crippen LogP contribution in [0.15, 0.2) is 12.3 Å². The van der Waals surface area contributed by atoms with E-state index in [1.807, 2.05) is 14.0 Å². The van der Waals surface area contributed by atoms with E-state index in [1.165, 1.54) is 0 Å². The lowest BCUT2D eigenvalue weighted by molar-refractivity contribution is 0.306. The molecule has 1 atom stereocenters. The zero-order valence-electron chi connectivity index (χ0n) is 10.7. The van der Waals surface area contributed by atoms with Crippen LogP contribution in [0.5, 0.6) is 11.5 Å². The molecule has 0 aliphatic carbocycles. The number of methoxy groups -OCH3 is 2. The Balaban J connectivity index is 2.83. The average molecular weight is 259 g/mol. The Hall–Kier alpha value is -1.00. The highest BCUT2D eigenvalue weighted by Crippen LogP contribution is 2.29. The standard InChI is InChI=1S/C12H19ClN2O2/c1-9(13)7-15(2)8-10-12(17-4)11(16-3)5-6-14-10/h5-6,9H,7-8H2,1-4H3. The summed E-state index contributed by atoms with van der Waals surface area (Å²) in [5.41, 5.74) is 0.853. The first-order chi connectivity index (χ1) is 8.08. The number of pyridine rings is 1. The molecule has 0 bridgehead atoms. The molecule has 0 spiro atoms. The van der Waals surface area contributed by atoms with E-state index in [2.05, 4.69) is 9.88 Å². The molecule has 4 nitrogen and oxygen atoms in total. The second-order valence-corrected chi connectivity index (χ2v) is 4.72. The van der Waals surface area contributed by atoms with Crippen LogP contribution < -0.4 is 9.47 Å². The van der Waals surface area contributed by atoms with Crippen molar-refractivity contribution < 1.29 is 9.47 Å². The van der Waals surface area contributed by atoms with Gasteiger partial charge in [-0.3, -0.25) is 9.88 Å². The van der Waals surface area contributed by atoms with Gasteiger partial charge < -0.3 is 9.47 Å². The Morgan fingerprint density at radius 2 is 2.12 bits per heavy atom. The fourth-order valence-electron chi connectivity index (χ4n) is 1.71. The van der Waals surface area contributed by atoms with E-state index in [4.69, 9.17) is 21.1 Å². The van der Waals surface area contributed by atoms with Crippen LogP contribution in [0.3, 0.4) is 0 Å². The number of aromatic nitrogens is 1. The van der Waals surface area contributed by atoms with E-state index in [0.29, 0.717) is 18.0 Å². The zero-order valence-corrected chi connectivity index (χ0v) is 11.5. The van der Waals surface area contributed by atoms with E-state index >= 15 is 0 Å². The Labute approximate surface area is 107 Å². The Morgan fingerprint density at radius 3 is 2.65 bits per heavy atom. The molecule has 0 aromatic carbocycles. The van der Waals surface area contributed by atoms with E-state index in [-0.39, 0.29) is 5.38 Å². The summed E-state index contributed by atoms with van der Waals surface area (Å²) < 4.78 is 10.6. The summed E-state index contributed by atoms with van der Waals surface area (Å²) in [5, 5.41) is 0.108. The molecular weight excluding hydrogens is 240 g/mol. The van der Waals surface area contributed by atoms with Gasteiger partial charge in [0, 0.05) is 30.7 Å². The summed E-state index contributed by atoms with van der Waals surface area (Å²) in [4.78, 5) is 6.41. The second kappa shape index (κ2) is 6.67. The summed E-state index contributed by atoms with van der Waals surface area (Å²) in [7, 11) is 5.23. The van der Waals surface area contributed by atoms with Crippen molar-refractivity contribution in [3.05, 3.63) is 18.0 Å². The van der Waals surface area contributed by atoms with Crippen molar-refractivity contribution in [2.45, 2.75) is 18.8 Å². The van der Waals surface area contributed by atoms with Crippen molar-refractivity contribution >= 4 is 11.6 Å². The molecule has 1 aromatic rings. The van der Waals surface area contributed by atoms with Gasteiger partial charge in [-0.1, -0.05) is 0 Å². The van der Waals surface area contributed by atoms with Crippen LogP contribution in [0.1, 0.15) is 12.6 Å². The SMILES string of the molecule is COc1ccnc(CN(C)CC(C)Cl)c1OC. The molecule has 0 saturated carbocycles. The molecule has 0 amide bonds. The van der Waals surface area contributed by atoms with Crippen molar-refractivity contribution in [1.29, 1.82) is 0 Å². The number of hydrogen-bond donors (Lipinski definition) is 0. The highest BCUT2D eigenvalue weighted by atomic mass is 35.5. The van der Waals surface area contributed by atoms with Crippen molar-refractivity contribution in [2.24, 2.45) is 0 Å². The van der Waals surface area contributed by atoms with Crippen LogP contribution in [0.4, 0.5) is 0 Å². The number of alkyl halides is 1. The molecule has 0 aliphatic heterocycles. The van der Waals surface area contributed by atoms with Crippen molar-refractivity contribution in [3.8, 4) is 11.5 Å². The lowest BCUT2D eigenvalue weighted by Gasteiger charge is -2.19. The second-order valence-electron chi connectivity index (χ2n) is 3.97. The molecule has 1 aromatic heterocycles. The van der Waals surface area contributed by atoms with Crippen molar-refractivity contribution in [1.82, 2.24) is 9.88 Å². The Kier molecular flexibility index (Phi) is 5.51. The third-order valence-corrected chi connectivity index (χ3v) is 2.49. The minimum Gasteiger partial charge on any atom is -0.493 e. The maximum Gasteiger partial charge on any atom is 0.183 e. The zero-order chi connectivity index (χ0) is 12.8. The monoisotopic (exact) mass is 258 g/mol. The van der Waals surface area contributed by atoms with Gasteiger partial charge in [-0.25, -0.2) is 0 Å². The van der Waals surface area contributed by atoms with Gasteiger partial charge in [0.05, 0.1) is 14.2 Å². The minimum atomic E-state index is 0.108. The Morgan fingerprint density at radius 1 is 1.41 bits per heavy atom. The maximum absolute atomic E-state index is 5.95. The first-order valence-corrected chi connectivity index (χ1v) is 5.90. The van der Waals surface area contributed by atoms with E-state index in [9.17, 15) is 0 Å². The summed E-state index contributed by atoms with van der Waals surface area (Å²) in [6.07, 6.45) is 1.72. The predicted molar refractivity (Wildman–Crippen MR) is 69.0 cm³/mol. The third kappa shape index (κ3) is 4.06. The van der Waals surface area contributed by atoms with Gasteiger partial charge in [-0.15, -0.1) is 11.6 Å². The van der Waals surface area contributed by atoms with Crippen LogP contribution in [0.2, 0.25) is 0 Å². The van der Waals surface area contributed by atoms with E-state index in [1.54, 1.807) is 26.5 Å². The van der Waals surface area contributed by atoms with Crippen LogP contribution >= 0.6 is 11.6 Å². The molecule has 0 fully saturated rings. The van der Waals surface area contributed by atoms with E-state index in [0.717, 1.165) is 12.2 Å². The lowest BCUT2D eigenvalue weighted by atomic mass is 10.2. The molecule has 0 saturated heterocycles. The number of rotatable bonds is 6. The highest BCUT2D eigenvalue weighted by Gasteiger charge is 2.13. The molecule has 17 heavy (non-hydrogen) atoms. The predicted octanol–water partition coefficient (Wildman–Crippen LogP) is 2.16. The quantitative estimate of drug-likeness (QED) is 0.733. The smallest absolute Gasteiger partial charge is 0.183 e. The first-order valence-electron chi connectivity index (χ1n) is 5.47. The number of hydrogen-bond acceptors (Lipinski definition) is 4. The number of nitrogens with zero attached hydrogens (tertiary/aromatic N) is 2. The molecule has 0 N–H and O–H groups in total. The topological polar surface area (TPSA) is 34.6 Å². The van der Waals surface area contributed by atoms with Gasteiger partial charge in [0.1, 0.15) is 5.69 Å². The van der Waals surface area contributed by atoms with Gasteiger partial charge in [-0.05, 0) is 14.0 Å². The normalized spacial score (nSPS) is 12.6. The molecule has 96 valence electrons. The molecule has 1 unspecified atom stereocenters. The van der Waals surface area contributed by atoms with Crippen LogP contribution in [-0.4, -0.2) is 43.1 Å². The number of halogens is 1. The van der Waals surface area contributed by atoms with Crippen LogP contribution in [0, 0.1) is 0 Å². The van der Waals surface area contributed by atoms with Gasteiger partial charge in [0.15, 0.2) is 11.5 Å². The summed E-state index contributed by atoms with van der Waals surface area (Å²) in [6.45, 7) is 3.44. The first kappa shape index (κ1) is 14.1. The maximum atomic E-state index is 5.95. The molecule has 1 rings (SSSR count). The third-order valence-electron chi connectivity index (χ3n) is 2.35. The van der Waals surface area contributed by atoms with Crippen LogP contribution in [0.25, 0.3) is 0 Å². The van der Waals surface area contributed by atoms with Crippen molar-refractivity contribution in [3.63, 3.8) is 0 Å². The largest absolute Gasteiger partial charge is 0.493 e. The molecule has 0 aliphatic rings. The molecule has 1 heterocycles. The Bertz CT molecular complexity index is 358. The van der Waals surface area contributed by atoms with Gasteiger partial charge in [0.25, 0.3) is 0 Å². The fourth-order valence-corrected chi connectivity index (χ4v) is 1.95. The molecule has 0 radical (unpaired) electrons. The van der Waals surface area contributed by atoms with Crippen molar-refractivity contribution in [2.75, 3.05) is 27.8 Å². The molecular formula is C12H19ClN2O2. The fraction of sp³-hybridized carbons (Fsp3) is 0.583. The number of ether oxygens (including phenoxy) is 2. The van der Waals surface area contributed by atoms with E-state index < -0.39 is 0 Å². The van der Waals surface area contributed by atoms with Crippen LogP contribution in [-0.2, 0) is 6.54 Å².